The maximum absolute atomic E-state index is 13.5. The van der Waals surface area contributed by atoms with Crippen LogP contribution in [-0.2, 0) is 7.05 Å². The van der Waals surface area contributed by atoms with Gasteiger partial charge >= 0.3 is 0 Å². The molecule has 2 bridgehead atoms. The minimum atomic E-state index is -0.247. The molecule has 6 heteroatoms. The maximum atomic E-state index is 13.5. The molecule has 0 radical (unpaired) electrons. The Morgan fingerprint density at radius 2 is 1.66 bits per heavy atom. The highest BCUT2D eigenvalue weighted by atomic mass is 16.2. The summed E-state index contributed by atoms with van der Waals surface area (Å²) in [5.74, 6) is 2.14. The van der Waals surface area contributed by atoms with Crippen LogP contribution in [0.2, 0.25) is 0 Å². The largest absolute Gasteiger partial charge is 0.378 e. The number of anilines is 2. The normalized spacial score (nSPS) is 24.9. The Hall–Kier alpha value is -4.06. The quantitative estimate of drug-likeness (QED) is 0.356. The molecule has 38 heavy (non-hydrogen) atoms. The van der Waals surface area contributed by atoms with Crippen LogP contribution < -0.4 is 16.2 Å². The number of carbonyl (C=O) groups excluding carboxylic acids is 1. The first kappa shape index (κ1) is 23.1. The van der Waals surface area contributed by atoms with Crippen molar-refractivity contribution in [1.29, 1.82) is 0 Å². The number of carbonyl (C=O) groups is 1. The Morgan fingerprint density at radius 1 is 0.947 bits per heavy atom. The van der Waals surface area contributed by atoms with Crippen LogP contribution in [0.5, 0.6) is 0 Å². The third-order valence-electron chi connectivity index (χ3n) is 9.30. The van der Waals surface area contributed by atoms with Gasteiger partial charge < -0.3 is 10.6 Å². The molecular weight excluding hydrogens is 472 g/mol. The van der Waals surface area contributed by atoms with Crippen LogP contribution in [0, 0.1) is 24.7 Å². The highest BCUT2D eigenvalue weighted by Crippen LogP contribution is 2.63. The summed E-state index contributed by atoms with van der Waals surface area (Å²) in [6, 6.07) is 26.6. The number of rotatable bonds is 4. The van der Waals surface area contributed by atoms with Gasteiger partial charge in [0.25, 0.3) is 11.5 Å². The zero-order chi connectivity index (χ0) is 26.0. The van der Waals surface area contributed by atoms with Gasteiger partial charge in [-0.25, -0.2) is 4.68 Å². The molecule has 2 N–H and O–H groups in total. The summed E-state index contributed by atoms with van der Waals surface area (Å²) in [4.78, 5) is 26.8. The van der Waals surface area contributed by atoms with Gasteiger partial charge in [0, 0.05) is 18.3 Å². The molecule has 2 heterocycles. The predicted molar refractivity (Wildman–Crippen MR) is 150 cm³/mol. The zero-order valence-electron chi connectivity index (χ0n) is 21.7. The molecule has 1 amide bonds. The Bertz CT molecular complexity index is 1590. The van der Waals surface area contributed by atoms with Gasteiger partial charge in [-0.2, -0.15) is 0 Å². The van der Waals surface area contributed by atoms with Crippen molar-refractivity contribution in [2.24, 2.45) is 24.8 Å². The molecular formula is C32H32N4O2. The van der Waals surface area contributed by atoms with E-state index in [-0.39, 0.29) is 11.5 Å². The molecule has 3 aliphatic rings. The molecule has 0 saturated heterocycles. The van der Waals surface area contributed by atoms with Crippen molar-refractivity contribution in [1.82, 2.24) is 9.36 Å². The monoisotopic (exact) mass is 504 g/mol. The summed E-state index contributed by atoms with van der Waals surface area (Å²) in [7, 11) is 1.84. The van der Waals surface area contributed by atoms with Gasteiger partial charge in [-0.3, -0.25) is 14.3 Å². The molecule has 2 fully saturated rings. The highest BCUT2D eigenvalue weighted by Gasteiger charge is 2.53. The van der Waals surface area contributed by atoms with Crippen LogP contribution in [0.4, 0.5) is 11.4 Å². The molecule has 2 saturated carbocycles. The first-order chi connectivity index (χ1) is 18.5. The standard InChI is InChI=1S/C32H32N4O2/c1-19-29(32(38)36(35(19)2)24-11-7-4-8-12-24)34-31(37)23-15-16-26-25(18-23)27-21-13-14-22(17-21)28(27)30(33-26)20-9-5-3-6-10-20/h3-12,15-16,18,21-22,27-28,30,33H,13-14,17H2,1-2H3,(H,34,37). The van der Waals surface area contributed by atoms with E-state index >= 15 is 0 Å². The van der Waals surface area contributed by atoms with Crippen LogP contribution in [-0.4, -0.2) is 15.3 Å². The second-order valence-corrected chi connectivity index (χ2v) is 11.2. The van der Waals surface area contributed by atoms with Crippen molar-refractivity contribution in [3.63, 3.8) is 0 Å². The number of nitrogens with one attached hydrogen (secondary N) is 2. The molecule has 3 aromatic carbocycles. The van der Waals surface area contributed by atoms with Crippen molar-refractivity contribution >= 4 is 17.3 Å². The third kappa shape index (κ3) is 3.46. The van der Waals surface area contributed by atoms with E-state index in [2.05, 4.69) is 53.1 Å². The second kappa shape index (κ2) is 8.76. The summed E-state index contributed by atoms with van der Waals surface area (Å²) in [5.41, 5.74) is 5.89. The van der Waals surface area contributed by atoms with Crippen molar-refractivity contribution in [3.05, 3.63) is 112 Å². The van der Waals surface area contributed by atoms with Crippen LogP contribution in [0.25, 0.3) is 5.69 Å². The Labute approximate surface area is 222 Å². The lowest BCUT2D eigenvalue weighted by Gasteiger charge is -2.43. The van der Waals surface area contributed by atoms with Crippen LogP contribution in [0.15, 0.2) is 83.7 Å². The van der Waals surface area contributed by atoms with Gasteiger partial charge in [0.2, 0.25) is 0 Å². The number of nitrogens with zero attached hydrogens (tertiary/aromatic N) is 2. The number of amides is 1. The highest BCUT2D eigenvalue weighted by molar-refractivity contribution is 6.05. The second-order valence-electron chi connectivity index (χ2n) is 11.2. The summed E-state index contributed by atoms with van der Waals surface area (Å²) in [5, 5.41) is 6.79. The summed E-state index contributed by atoms with van der Waals surface area (Å²) >= 11 is 0. The summed E-state index contributed by atoms with van der Waals surface area (Å²) in [6.07, 6.45) is 3.84. The molecule has 1 aromatic heterocycles. The lowest BCUT2D eigenvalue weighted by atomic mass is 9.68. The van der Waals surface area contributed by atoms with Crippen LogP contribution in [0.3, 0.4) is 0 Å². The number of benzene rings is 3. The fourth-order valence-electron chi connectivity index (χ4n) is 7.52. The molecule has 7 rings (SSSR count). The Morgan fingerprint density at radius 3 is 2.42 bits per heavy atom. The van der Waals surface area contributed by atoms with E-state index in [4.69, 9.17) is 0 Å². The average Bonchev–Trinajstić information content (AvgIpc) is 3.63. The summed E-state index contributed by atoms with van der Waals surface area (Å²) < 4.78 is 3.37. The molecule has 192 valence electrons. The Kier molecular flexibility index (Phi) is 5.32. The lowest BCUT2D eigenvalue weighted by molar-refractivity contribution is 0.102. The van der Waals surface area contributed by atoms with E-state index in [1.54, 1.807) is 9.36 Å². The number of para-hydroxylation sites is 1. The van der Waals surface area contributed by atoms with E-state index < -0.39 is 0 Å². The van der Waals surface area contributed by atoms with Crippen molar-refractivity contribution in [2.45, 2.75) is 38.1 Å². The number of fused-ring (bicyclic) bond motifs is 7. The van der Waals surface area contributed by atoms with E-state index in [9.17, 15) is 9.59 Å². The fraction of sp³-hybridized carbons (Fsp3) is 0.312. The molecule has 1 aliphatic heterocycles. The minimum Gasteiger partial charge on any atom is -0.378 e. The van der Waals surface area contributed by atoms with Gasteiger partial charge in [0.05, 0.1) is 17.4 Å². The number of aromatic nitrogens is 2. The van der Waals surface area contributed by atoms with Crippen molar-refractivity contribution in [3.8, 4) is 5.69 Å². The molecule has 0 spiro atoms. The Balaban J connectivity index is 1.22. The van der Waals surface area contributed by atoms with Crippen molar-refractivity contribution in [2.75, 3.05) is 10.6 Å². The lowest BCUT2D eigenvalue weighted by Crippen LogP contribution is -2.35. The van der Waals surface area contributed by atoms with E-state index in [1.165, 1.54) is 30.4 Å². The molecule has 5 unspecified atom stereocenters. The molecule has 6 nitrogen and oxygen atoms in total. The van der Waals surface area contributed by atoms with Crippen molar-refractivity contribution < 1.29 is 4.79 Å². The van der Waals surface area contributed by atoms with Crippen LogP contribution >= 0.6 is 0 Å². The fourth-order valence-corrected chi connectivity index (χ4v) is 7.52. The summed E-state index contributed by atoms with van der Waals surface area (Å²) in [6.45, 7) is 1.86. The van der Waals surface area contributed by atoms with Crippen LogP contribution in [0.1, 0.15) is 58.4 Å². The van der Waals surface area contributed by atoms with Gasteiger partial charge in [-0.05, 0) is 91.3 Å². The topological polar surface area (TPSA) is 68.1 Å². The first-order valence-corrected chi connectivity index (χ1v) is 13.6. The van der Waals surface area contributed by atoms with Gasteiger partial charge in [-0.1, -0.05) is 48.5 Å². The van der Waals surface area contributed by atoms with Gasteiger partial charge in [0.15, 0.2) is 0 Å². The predicted octanol–water partition coefficient (Wildman–Crippen LogP) is 6.03. The van der Waals surface area contributed by atoms with Gasteiger partial charge in [0.1, 0.15) is 5.69 Å². The molecule has 4 aromatic rings. The molecule has 2 aliphatic carbocycles. The van der Waals surface area contributed by atoms with Gasteiger partial charge in [-0.15, -0.1) is 0 Å². The van der Waals surface area contributed by atoms with E-state index in [0.29, 0.717) is 40.7 Å². The zero-order valence-corrected chi connectivity index (χ0v) is 21.7. The minimum absolute atomic E-state index is 0.233. The first-order valence-electron chi connectivity index (χ1n) is 13.6. The van der Waals surface area contributed by atoms with E-state index in [1.807, 2.05) is 50.4 Å². The average molecular weight is 505 g/mol. The maximum Gasteiger partial charge on any atom is 0.295 e. The molecule has 5 atom stereocenters. The smallest absolute Gasteiger partial charge is 0.295 e. The number of hydrogen-bond acceptors (Lipinski definition) is 3. The van der Waals surface area contributed by atoms with E-state index in [0.717, 1.165) is 17.3 Å². The third-order valence-corrected chi connectivity index (χ3v) is 9.30. The SMILES string of the molecule is Cc1c(NC(=O)c2ccc3c(c2)C2C4CCC(C4)C2C(c2ccccc2)N3)c(=O)n(-c2ccccc2)n1C. The number of hydrogen-bond donors (Lipinski definition) is 2.